The van der Waals surface area contributed by atoms with E-state index in [0.29, 0.717) is 42.2 Å². The smallest absolute Gasteiger partial charge is 0.412 e. The minimum Gasteiger partial charge on any atom is -0.441 e. The van der Waals surface area contributed by atoms with Crippen molar-refractivity contribution in [1.29, 1.82) is 0 Å². The van der Waals surface area contributed by atoms with E-state index in [-0.39, 0.29) is 11.5 Å². The van der Waals surface area contributed by atoms with Crippen LogP contribution in [0.25, 0.3) is 21.6 Å². The molecule has 0 spiro atoms. The molecule has 0 radical (unpaired) electrons. The minimum atomic E-state index is -0.714. The minimum absolute atomic E-state index is 0.0941. The Labute approximate surface area is 244 Å². The van der Waals surface area contributed by atoms with Gasteiger partial charge in [-0.15, -0.1) is 11.3 Å². The van der Waals surface area contributed by atoms with E-state index in [4.69, 9.17) is 27.9 Å². The Morgan fingerprint density at radius 2 is 1.70 bits per heavy atom. The van der Waals surface area contributed by atoms with Crippen LogP contribution in [0.15, 0.2) is 72.8 Å². The fourth-order valence-corrected chi connectivity index (χ4v) is 6.31. The number of hydrogen-bond donors (Lipinski definition) is 1. The van der Waals surface area contributed by atoms with Crippen LogP contribution in [0.1, 0.15) is 43.9 Å². The van der Waals surface area contributed by atoms with Gasteiger partial charge in [-0.25, -0.2) is 4.79 Å². The Morgan fingerprint density at radius 1 is 1.02 bits per heavy atom. The fraction of sp³-hybridized carbons (Fsp3) is 0.200. The molecular formula is C30H24Cl2N2O5S. The van der Waals surface area contributed by atoms with E-state index in [9.17, 15) is 19.7 Å². The Bertz CT molecular complexity index is 1630. The molecular weight excluding hydrogens is 571 g/mol. The number of thiophene rings is 1. The molecule has 3 aromatic carbocycles. The van der Waals surface area contributed by atoms with Gasteiger partial charge in [0.2, 0.25) is 0 Å². The molecule has 7 nitrogen and oxygen atoms in total. The maximum Gasteiger partial charge on any atom is 0.412 e. The molecule has 1 aliphatic rings. The summed E-state index contributed by atoms with van der Waals surface area (Å²) in [5, 5.41) is 15.3. The molecule has 10 heteroatoms. The number of nitro groups is 1. The maximum atomic E-state index is 12.7. The second kappa shape index (κ2) is 11.0. The molecule has 1 saturated carbocycles. The first-order valence-electron chi connectivity index (χ1n) is 12.5. The van der Waals surface area contributed by atoms with Gasteiger partial charge in [-0.05, 0) is 56.0 Å². The molecule has 1 aromatic heterocycles. The van der Waals surface area contributed by atoms with Crippen LogP contribution in [0.2, 0.25) is 9.36 Å². The van der Waals surface area contributed by atoms with E-state index in [1.807, 2.05) is 24.3 Å². The summed E-state index contributed by atoms with van der Waals surface area (Å²) in [6, 6.07) is 20.9. The second-order valence-electron chi connectivity index (χ2n) is 9.69. The Hall–Kier alpha value is -3.72. The van der Waals surface area contributed by atoms with Gasteiger partial charge in [-0.2, -0.15) is 0 Å². The van der Waals surface area contributed by atoms with Gasteiger partial charge in [0.1, 0.15) is 11.9 Å². The van der Waals surface area contributed by atoms with Crippen molar-refractivity contribution in [3.8, 4) is 21.6 Å². The third kappa shape index (κ3) is 5.47. The van der Waals surface area contributed by atoms with E-state index < -0.39 is 22.5 Å². The summed E-state index contributed by atoms with van der Waals surface area (Å²) in [4.78, 5) is 37.0. The lowest BCUT2D eigenvalue weighted by Gasteiger charge is -2.15. The van der Waals surface area contributed by atoms with Crippen LogP contribution >= 0.6 is 34.5 Å². The van der Waals surface area contributed by atoms with Gasteiger partial charge < -0.3 is 4.74 Å². The van der Waals surface area contributed by atoms with Crippen LogP contribution in [0.3, 0.4) is 0 Å². The number of ketones is 1. The van der Waals surface area contributed by atoms with Crippen molar-refractivity contribution in [1.82, 2.24) is 0 Å². The quantitative estimate of drug-likeness (QED) is 0.162. The van der Waals surface area contributed by atoms with Gasteiger partial charge in [0.05, 0.1) is 30.8 Å². The highest BCUT2D eigenvalue weighted by Crippen LogP contribution is 2.49. The summed E-state index contributed by atoms with van der Waals surface area (Å²) in [5.74, 6) is 0.136. The number of nitrogens with one attached hydrogen (secondary N) is 1. The maximum absolute atomic E-state index is 12.7. The van der Waals surface area contributed by atoms with Crippen LogP contribution in [-0.4, -0.2) is 16.8 Å². The first-order chi connectivity index (χ1) is 19.1. The van der Waals surface area contributed by atoms with Crippen molar-refractivity contribution in [2.75, 3.05) is 5.32 Å². The molecule has 0 aliphatic heterocycles. The zero-order valence-electron chi connectivity index (χ0n) is 21.6. The summed E-state index contributed by atoms with van der Waals surface area (Å²) >= 11 is 13.7. The summed E-state index contributed by atoms with van der Waals surface area (Å²) < 4.78 is 5.91. The molecule has 40 heavy (non-hydrogen) atoms. The average Bonchev–Trinajstić information content (AvgIpc) is 3.66. The van der Waals surface area contributed by atoms with E-state index >= 15 is 0 Å². The summed E-state index contributed by atoms with van der Waals surface area (Å²) in [5.41, 5.74) is 3.09. The summed E-state index contributed by atoms with van der Waals surface area (Å²) in [6.45, 7) is 3.31. The summed E-state index contributed by atoms with van der Waals surface area (Å²) in [7, 11) is 0. The fourth-order valence-electron chi connectivity index (χ4n) is 4.84. The molecule has 5 rings (SSSR count). The molecule has 4 aromatic rings. The number of halogens is 2. The van der Waals surface area contributed by atoms with Crippen molar-refractivity contribution in [2.45, 2.75) is 38.2 Å². The number of carbonyl (C=O) groups is 2. The van der Waals surface area contributed by atoms with Crippen molar-refractivity contribution in [2.24, 2.45) is 0 Å². The van der Waals surface area contributed by atoms with E-state index in [0.717, 1.165) is 18.4 Å². The number of carbonyl (C=O) groups excluding carboxylic acids is 2. The lowest BCUT2D eigenvalue weighted by molar-refractivity contribution is -0.384. The van der Waals surface area contributed by atoms with Gasteiger partial charge >= 0.3 is 6.09 Å². The highest BCUT2D eigenvalue weighted by Gasteiger charge is 2.48. The molecule has 0 bridgehead atoms. The molecule has 0 unspecified atom stereocenters. The number of amides is 1. The predicted molar refractivity (Wildman–Crippen MR) is 158 cm³/mol. The van der Waals surface area contributed by atoms with Crippen LogP contribution < -0.4 is 5.32 Å². The summed E-state index contributed by atoms with van der Waals surface area (Å²) in [6.07, 6.45) is 0.322. The largest absolute Gasteiger partial charge is 0.441 e. The third-order valence-electron chi connectivity index (χ3n) is 7.19. The Kier molecular flexibility index (Phi) is 7.68. The van der Waals surface area contributed by atoms with Crippen molar-refractivity contribution >= 4 is 57.8 Å². The number of hydrogen-bond acceptors (Lipinski definition) is 6. The highest BCUT2D eigenvalue weighted by molar-refractivity contribution is 7.20. The van der Waals surface area contributed by atoms with E-state index in [1.54, 1.807) is 56.3 Å². The van der Waals surface area contributed by atoms with Gasteiger partial charge in [0.15, 0.2) is 0 Å². The molecule has 1 fully saturated rings. The zero-order chi connectivity index (χ0) is 28.6. The monoisotopic (exact) mass is 594 g/mol. The number of benzene rings is 3. The van der Waals surface area contributed by atoms with Gasteiger partial charge in [-0.3, -0.25) is 20.2 Å². The predicted octanol–water partition coefficient (Wildman–Crippen LogP) is 9.23. The number of anilines is 1. The van der Waals surface area contributed by atoms with E-state index in [2.05, 4.69) is 5.32 Å². The molecule has 1 heterocycles. The number of Topliss-reactive ketones (excluding diaryl/α,β-unsaturated/α-hetero) is 1. The van der Waals surface area contributed by atoms with Crippen LogP contribution in [0, 0.1) is 10.1 Å². The molecule has 0 saturated heterocycles. The highest BCUT2D eigenvalue weighted by atomic mass is 35.5. The Morgan fingerprint density at radius 3 is 2.33 bits per heavy atom. The topological polar surface area (TPSA) is 98.5 Å². The van der Waals surface area contributed by atoms with Crippen molar-refractivity contribution < 1.29 is 19.2 Å². The first kappa shape index (κ1) is 27.8. The van der Waals surface area contributed by atoms with Gasteiger partial charge in [0.25, 0.3) is 5.69 Å². The van der Waals surface area contributed by atoms with Crippen LogP contribution in [0.4, 0.5) is 16.2 Å². The molecule has 1 aliphatic carbocycles. The molecule has 1 amide bonds. The number of nitrogens with zero attached hydrogens (tertiary/aromatic N) is 1. The van der Waals surface area contributed by atoms with Crippen molar-refractivity contribution in [3.05, 3.63) is 103 Å². The average molecular weight is 596 g/mol. The van der Waals surface area contributed by atoms with Gasteiger partial charge in [0, 0.05) is 22.2 Å². The first-order valence-corrected chi connectivity index (χ1v) is 14.1. The standard InChI is InChI=1S/C30H24Cl2N2O5S/c1-17(22-5-3-4-6-24(22)31)39-29(36)33-25-16-27(32)40-28(25)20-9-12-23(26(15-20)34(37)38)19-7-10-21(11-8-19)30(13-14-30)18(2)35/h3-12,15-17H,13-14H2,1-2H3,(H,33,36)/t17-/m1/s1. The Balaban J connectivity index is 1.40. The SMILES string of the molecule is CC(=O)C1(c2ccc(-c3ccc(-c4sc(Cl)cc4NC(=O)O[C@H](C)c4ccccc4Cl)cc3[N+](=O)[O-])cc2)CC1. The lowest BCUT2D eigenvalue weighted by atomic mass is 9.90. The van der Waals surface area contributed by atoms with E-state index in [1.165, 1.54) is 17.4 Å². The molecule has 204 valence electrons. The van der Waals surface area contributed by atoms with Crippen LogP contribution in [0.5, 0.6) is 0 Å². The normalized spacial score (nSPS) is 14.3. The molecule has 1 N–H and O–H groups in total. The van der Waals surface area contributed by atoms with Gasteiger partial charge in [-0.1, -0.05) is 71.7 Å². The second-order valence-corrected chi connectivity index (χ2v) is 11.8. The number of rotatable bonds is 8. The third-order valence-corrected chi connectivity index (χ3v) is 8.85. The lowest BCUT2D eigenvalue weighted by Crippen LogP contribution is -2.16. The van der Waals surface area contributed by atoms with Crippen molar-refractivity contribution in [3.63, 3.8) is 0 Å². The zero-order valence-corrected chi connectivity index (χ0v) is 23.9. The number of nitro benzene ring substituents is 1. The number of ether oxygens (including phenoxy) is 1. The van der Waals surface area contributed by atoms with Crippen LogP contribution in [-0.2, 0) is 14.9 Å². The molecule has 1 atom stereocenters.